The molecule has 1 aliphatic heterocycles. The summed E-state index contributed by atoms with van der Waals surface area (Å²) in [4.78, 5) is 14.3. The molecule has 0 aromatic rings. The maximum Gasteiger partial charge on any atom is 0.225 e. The van der Waals surface area contributed by atoms with E-state index < -0.39 is 0 Å². The van der Waals surface area contributed by atoms with Crippen LogP contribution in [0.5, 0.6) is 0 Å². The molecule has 0 radical (unpaired) electrons. The van der Waals surface area contributed by atoms with E-state index in [0.29, 0.717) is 19.0 Å². The van der Waals surface area contributed by atoms with Gasteiger partial charge in [-0.3, -0.25) is 4.79 Å². The summed E-state index contributed by atoms with van der Waals surface area (Å²) in [5.41, 5.74) is 5.81. The summed E-state index contributed by atoms with van der Waals surface area (Å²) in [6.45, 7) is 1.43. The van der Waals surface area contributed by atoms with E-state index in [2.05, 4.69) is 5.16 Å². The average molecular weight is 285 g/mol. The van der Waals surface area contributed by atoms with Gasteiger partial charge in [0.25, 0.3) is 0 Å². The van der Waals surface area contributed by atoms with Gasteiger partial charge in [-0.15, -0.1) is 0 Å². The lowest BCUT2D eigenvalue weighted by molar-refractivity contribution is -0.136. The van der Waals surface area contributed by atoms with Crippen LogP contribution in [0.25, 0.3) is 0 Å². The van der Waals surface area contributed by atoms with E-state index in [1.807, 2.05) is 11.2 Å². The maximum absolute atomic E-state index is 12.3. The van der Waals surface area contributed by atoms with Crippen LogP contribution in [0.2, 0.25) is 0 Å². The predicted molar refractivity (Wildman–Crippen MR) is 77.4 cm³/mol. The van der Waals surface area contributed by atoms with Gasteiger partial charge in [-0.2, -0.15) is 11.8 Å². The van der Waals surface area contributed by atoms with Crippen molar-refractivity contribution in [2.24, 2.45) is 16.8 Å². The lowest BCUT2D eigenvalue weighted by atomic mass is 9.93. The van der Waals surface area contributed by atoms with Crippen molar-refractivity contribution < 1.29 is 10.0 Å². The highest BCUT2D eigenvalue weighted by atomic mass is 32.2. The number of rotatable bonds is 3. The number of nitrogens with zero attached hydrogens (tertiary/aromatic N) is 2. The van der Waals surface area contributed by atoms with Crippen molar-refractivity contribution in [3.05, 3.63) is 0 Å². The molecule has 0 spiro atoms. The summed E-state index contributed by atoms with van der Waals surface area (Å²) in [5.74, 6) is 0.838. The zero-order valence-electron chi connectivity index (χ0n) is 11.5. The van der Waals surface area contributed by atoms with Gasteiger partial charge in [0.1, 0.15) is 0 Å². The second-order valence-corrected chi connectivity index (χ2v) is 6.68. The number of oxime groups is 1. The second-order valence-electron chi connectivity index (χ2n) is 5.49. The Morgan fingerprint density at radius 1 is 1.37 bits per heavy atom. The Hall–Kier alpha value is -0.910. The van der Waals surface area contributed by atoms with Gasteiger partial charge in [-0.1, -0.05) is 18.0 Å². The lowest BCUT2D eigenvalue weighted by Crippen LogP contribution is -2.52. The smallest absolute Gasteiger partial charge is 0.225 e. The molecular formula is C13H23N3O2S. The van der Waals surface area contributed by atoms with E-state index >= 15 is 0 Å². The quantitative estimate of drug-likeness (QED) is 0.358. The first-order valence-electron chi connectivity index (χ1n) is 6.95. The number of amides is 1. The van der Waals surface area contributed by atoms with E-state index in [1.165, 1.54) is 12.8 Å². The van der Waals surface area contributed by atoms with Crippen molar-refractivity contribution in [3.63, 3.8) is 0 Å². The molecule has 0 aromatic carbocycles. The zero-order chi connectivity index (χ0) is 13.9. The second kappa shape index (κ2) is 6.03. The van der Waals surface area contributed by atoms with Crippen LogP contribution in [0.3, 0.4) is 0 Å². The maximum atomic E-state index is 12.3. The van der Waals surface area contributed by atoms with Crippen molar-refractivity contribution in [2.45, 2.75) is 43.3 Å². The number of amidine groups is 1. The topological polar surface area (TPSA) is 78.9 Å². The third-order valence-electron chi connectivity index (χ3n) is 4.55. The molecule has 5 nitrogen and oxygen atoms in total. The normalized spacial score (nSPS) is 24.7. The number of hydrogen-bond acceptors (Lipinski definition) is 4. The Kier molecular flexibility index (Phi) is 4.60. The van der Waals surface area contributed by atoms with Gasteiger partial charge in [0.05, 0.1) is 4.75 Å². The summed E-state index contributed by atoms with van der Waals surface area (Å²) < 4.78 is -0.304. The van der Waals surface area contributed by atoms with Crippen LogP contribution in [0, 0.1) is 5.92 Å². The summed E-state index contributed by atoms with van der Waals surface area (Å²) in [6, 6.07) is 0. The van der Waals surface area contributed by atoms with E-state index in [4.69, 9.17) is 10.9 Å². The summed E-state index contributed by atoms with van der Waals surface area (Å²) in [6.07, 6.45) is 7.97. The van der Waals surface area contributed by atoms with Crippen molar-refractivity contribution in [1.82, 2.24) is 4.90 Å². The summed E-state index contributed by atoms with van der Waals surface area (Å²) in [7, 11) is 0. The number of carbonyl (C=O) groups excluding carboxylic acids is 1. The predicted octanol–water partition coefficient (Wildman–Crippen LogP) is 1.65. The van der Waals surface area contributed by atoms with Crippen LogP contribution >= 0.6 is 11.8 Å². The van der Waals surface area contributed by atoms with Gasteiger partial charge < -0.3 is 15.8 Å². The standard InChI is InChI=1S/C13H23N3O2S/c1-19-13(12(14)15-18)6-8-16(9-7-13)11(17)10-4-2-3-5-10/h10,18H,2-9H2,1H3,(H2,14,15). The number of nitrogens with two attached hydrogens (primary N) is 1. The molecule has 3 N–H and O–H groups in total. The van der Waals surface area contributed by atoms with E-state index in [0.717, 1.165) is 25.7 Å². The van der Waals surface area contributed by atoms with E-state index in [-0.39, 0.29) is 16.5 Å². The Labute approximate surface area is 118 Å². The zero-order valence-corrected chi connectivity index (χ0v) is 12.3. The molecule has 1 aliphatic carbocycles. The van der Waals surface area contributed by atoms with Crippen molar-refractivity contribution in [2.75, 3.05) is 19.3 Å². The minimum Gasteiger partial charge on any atom is -0.409 e. The molecule has 2 rings (SSSR count). The Bertz CT molecular complexity index is 359. The Morgan fingerprint density at radius 3 is 2.42 bits per heavy atom. The van der Waals surface area contributed by atoms with Crippen LogP contribution in [-0.4, -0.2) is 45.9 Å². The number of hydrogen-bond donors (Lipinski definition) is 2. The fourth-order valence-corrected chi connectivity index (χ4v) is 4.02. The fraction of sp³-hybridized carbons (Fsp3) is 0.846. The number of likely N-dealkylation sites (tertiary alicyclic amines) is 1. The molecular weight excluding hydrogens is 262 g/mol. The van der Waals surface area contributed by atoms with Gasteiger partial charge in [-0.05, 0) is 31.9 Å². The van der Waals surface area contributed by atoms with Crippen LogP contribution < -0.4 is 5.73 Å². The Morgan fingerprint density at radius 2 is 1.95 bits per heavy atom. The first-order valence-corrected chi connectivity index (χ1v) is 8.17. The van der Waals surface area contributed by atoms with Crippen molar-refractivity contribution in [3.8, 4) is 0 Å². The highest BCUT2D eigenvalue weighted by Crippen LogP contribution is 2.36. The van der Waals surface area contributed by atoms with Gasteiger partial charge in [0.2, 0.25) is 5.91 Å². The molecule has 2 aliphatic rings. The lowest BCUT2D eigenvalue weighted by Gasteiger charge is -2.40. The first-order chi connectivity index (χ1) is 9.13. The van der Waals surface area contributed by atoms with Crippen LogP contribution in [0.15, 0.2) is 5.16 Å². The van der Waals surface area contributed by atoms with Crippen molar-refractivity contribution >= 4 is 23.5 Å². The van der Waals surface area contributed by atoms with Gasteiger partial charge >= 0.3 is 0 Å². The molecule has 1 saturated heterocycles. The third-order valence-corrected chi connectivity index (χ3v) is 5.95. The molecule has 108 valence electrons. The third kappa shape index (κ3) is 2.83. The highest BCUT2D eigenvalue weighted by Gasteiger charge is 2.40. The van der Waals surface area contributed by atoms with Gasteiger partial charge in [-0.25, -0.2) is 0 Å². The van der Waals surface area contributed by atoms with E-state index in [9.17, 15) is 4.79 Å². The highest BCUT2D eigenvalue weighted by molar-refractivity contribution is 8.00. The molecule has 1 heterocycles. The molecule has 0 atom stereocenters. The molecule has 1 amide bonds. The van der Waals surface area contributed by atoms with Crippen LogP contribution in [-0.2, 0) is 4.79 Å². The van der Waals surface area contributed by atoms with Crippen LogP contribution in [0.1, 0.15) is 38.5 Å². The number of thioether (sulfide) groups is 1. The summed E-state index contributed by atoms with van der Waals surface area (Å²) >= 11 is 1.62. The molecule has 0 unspecified atom stereocenters. The van der Waals surface area contributed by atoms with E-state index in [1.54, 1.807) is 11.8 Å². The van der Waals surface area contributed by atoms with Gasteiger partial charge in [0, 0.05) is 19.0 Å². The van der Waals surface area contributed by atoms with Crippen molar-refractivity contribution in [1.29, 1.82) is 0 Å². The summed E-state index contributed by atoms with van der Waals surface area (Å²) in [5, 5.41) is 12.1. The molecule has 0 bridgehead atoms. The number of carbonyl (C=O) groups is 1. The number of piperidine rings is 1. The minimum atomic E-state index is -0.304. The molecule has 2 fully saturated rings. The van der Waals surface area contributed by atoms with Gasteiger partial charge in [0.15, 0.2) is 5.84 Å². The monoisotopic (exact) mass is 285 g/mol. The average Bonchev–Trinajstić information content (AvgIpc) is 3.00. The largest absolute Gasteiger partial charge is 0.409 e. The molecule has 0 aromatic heterocycles. The van der Waals surface area contributed by atoms with Crippen LogP contribution in [0.4, 0.5) is 0 Å². The fourth-order valence-electron chi connectivity index (χ4n) is 3.18. The molecule has 6 heteroatoms. The minimum absolute atomic E-state index is 0.241. The Balaban J connectivity index is 1.96. The molecule has 19 heavy (non-hydrogen) atoms. The SMILES string of the molecule is CSC1(C(N)=NO)CCN(C(=O)C2CCCC2)CC1. The first kappa shape index (κ1) is 14.5. The molecule has 1 saturated carbocycles.